The van der Waals surface area contributed by atoms with Crippen molar-refractivity contribution in [1.29, 1.82) is 0 Å². The Morgan fingerprint density at radius 3 is 2.26 bits per heavy atom. The second-order valence-corrected chi connectivity index (χ2v) is 8.09. The number of amides is 2. The average molecular weight is 467 g/mol. The van der Waals surface area contributed by atoms with E-state index in [0.717, 1.165) is 22.6 Å². The second kappa shape index (κ2) is 10.5. The minimum atomic E-state index is -0.863. The molecule has 0 atom stereocenters. The van der Waals surface area contributed by atoms with Gasteiger partial charge in [-0.15, -0.1) is 0 Å². The van der Waals surface area contributed by atoms with Gasteiger partial charge >= 0.3 is 11.8 Å². The normalized spacial score (nSPS) is 10.8. The third-order valence-electron chi connectivity index (χ3n) is 5.40. The van der Waals surface area contributed by atoms with Crippen molar-refractivity contribution in [3.05, 3.63) is 107 Å². The lowest BCUT2D eigenvalue weighted by Gasteiger charge is -2.10. The molecule has 2 amide bonds. The predicted molar refractivity (Wildman–Crippen MR) is 137 cm³/mol. The van der Waals surface area contributed by atoms with Crippen LogP contribution < -0.4 is 15.5 Å². The van der Waals surface area contributed by atoms with Gasteiger partial charge in [-0.1, -0.05) is 30.3 Å². The van der Waals surface area contributed by atoms with Crippen LogP contribution in [0.1, 0.15) is 22.5 Å². The molecule has 0 saturated heterocycles. The maximum Gasteiger partial charge on any atom is 0.329 e. The number of carbonyl (C=O) groups excluding carboxylic acids is 2. The Morgan fingerprint density at radius 1 is 0.829 bits per heavy atom. The van der Waals surface area contributed by atoms with Gasteiger partial charge in [0.25, 0.3) is 0 Å². The molecule has 0 radical (unpaired) electrons. The zero-order valence-electron chi connectivity index (χ0n) is 19.8. The van der Waals surface area contributed by atoms with Gasteiger partial charge in [-0.2, -0.15) is 5.10 Å². The van der Waals surface area contributed by atoms with Gasteiger partial charge in [-0.3, -0.25) is 9.59 Å². The summed E-state index contributed by atoms with van der Waals surface area (Å²) in [6.07, 6.45) is 1.54. The Labute approximate surface area is 204 Å². The molecule has 1 aromatic heterocycles. The number of aromatic nitrogens is 1. The number of benzene rings is 3. The molecule has 4 rings (SSSR count). The lowest BCUT2D eigenvalue weighted by atomic mass is 10.2. The molecule has 4 aromatic rings. The standard InChI is InChI=1S/C28H26N4O3/c1-19-8-7-9-24(16-19)32-20(2)17-22(21(32)3)18-29-31-28(34)27(33)30-23-12-14-26(15-13-23)35-25-10-5-4-6-11-25/h4-18H,1-3H3,(H,30,33)(H,31,34)/b29-18-. The molecule has 2 N–H and O–H groups in total. The summed E-state index contributed by atoms with van der Waals surface area (Å²) in [6, 6.07) is 26.3. The second-order valence-electron chi connectivity index (χ2n) is 8.09. The summed E-state index contributed by atoms with van der Waals surface area (Å²) in [5, 5.41) is 6.52. The molecule has 1 heterocycles. The van der Waals surface area contributed by atoms with Crippen molar-refractivity contribution in [2.75, 3.05) is 5.32 Å². The third-order valence-corrected chi connectivity index (χ3v) is 5.40. The Hall–Kier alpha value is -4.65. The molecule has 0 aliphatic carbocycles. The number of hydrogen-bond acceptors (Lipinski definition) is 4. The molecule has 0 aliphatic rings. The first-order valence-corrected chi connectivity index (χ1v) is 11.1. The fourth-order valence-electron chi connectivity index (χ4n) is 3.71. The third kappa shape index (κ3) is 5.83. The highest BCUT2D eigenvalue weighted by atomic mass is 16.5. The minimum absolute atomic E-state index is 0.469. The molecule has 3 aromatic carbocycles. The zero-order chi connectivity index (χ0) is 24.8. The van der Waals surface area contributed by atoms with Crippen molar-refractivity contribution in [2.45, 2.75) is 20.8 Å². The summed E-state index contributed by atoms with van der Waals surface area (Å²) in [5.41, 5.74) is 7.85. The van der Waals surface area contributed by atoms with Crippen LogP contribution in [0.2, 0.25) is 0 Å². The van der Waals surface area contributed by atoms with Gasteiger partial charge in [-0.05, 0) is 80.9 Å². The van der Waals surface area contributed by atoms with E-state index in [4.69, 9.17) is 4.74 Å². The molecular formula is C28H26N4O3. The van der Waals surface area contributed by atoms with E-state index in [0.29, 0.717) is 17.2 Å². The van der Waals surface area contributed by atoms with Crippen LogP contribution in [0.4, 0.5) is 5.69 Å². The monoisotopic (exact) mass is 466 g/mol. The number of rotatable bonds is 6. The SMILES string of the molecule is Cc1cccc(-n2c(C)cc(/C=N\NC(=O)C(=O)Nc3ccc(Oc4ccccc4)cc3)c2C)c1. The number of hydrazone groups is 1. The van der Waals surface area contributed by atoms with Gasteiger partial charge in [-0.25, -0.2) is 5.43 Å². The summed E-state index contributed by atoms with van der Waals surface area (Å²) >= 11 is 0. The highest BCUT2D eigenvalue weighted by Gasteiger charge is 2.14. The van der Waals surface area contributed by atoms with E-state index >= 15 is 0 Å². The number of anilines is 1. The number of hydrogen-bond donors (Lipinski definition) is 2. The maximum atomic E-state index is 12.2. The summed E-state index contributed by atoms with van der Waals surface area (Å²) in [7, 11) is 0. The molecule has 7 nitrogen and oxygen atoms in total. The van der Waals surface area contributed by atoms with Gasteiger partial charge in [0.15, 0.2) is 0 Å². The van der Waals surface area contributed by atoms with E-state index < -0.39 is 11.8 Å². The average Bonchev–Trinajstić information content (AvgIpc) is 3.13. The van der Waals surface area contributed by atoms with Crippen molar-refractivity contribution >= 4 is 23.7 Å². The molecular weight excluding hydrogens is 440 g/mol. The highest BCUT2D eigenvalue weighted by molar-refractivity contribution is 6.39. The van der Waals surface area contributed by atoms with E-state index in [-0.39, 0.29) is 0 Å². The van der Waals surface area contributed by atoms with Crippen molar-refractivity contribution in [3.63, 3.8) is 0 Å². The molecule has 0 unspecified atom stereocenters. The number of aryl methyl sites for hydroxylation is 2. The van der Waals surface area contributed by atoms with E-state index in [1.807, 2.05) is 75.4 Å². The fraction of sp³-hybridized carbons (Fsp3) is 0.107. The van der Waals surface area contributed by atoms with Crippen LogP contribution in [0, 0.1) is 20.8 Å². The molecule has 176 valence electrons. The molecule has 0 bridgehead atoms. The number of nitrogens with zero attached hydrogens (tertiary/aromatic N) is 2. The smallest absolute Gasteiger partial charge is 0.329 e. The number of para-hydroxylation sites is 1. The van der Waals surface area contributed by atoms with E-state index in [1.54, 1.807) is 24.3 Å². The molecule has 0 aliphatic heterocycles. The summed E-state index contributed by atoms with van der Waals surface area (Å²) in [5.74, 6) is -0.352. The molecule has 35 heavy (non-hydrogen) atoms. The van der Waals surface area contributed by atoms with Crippen LogP contribution in [-0.4, -0.2) is 22.6 Å². The molecule has 0 spiro atoms. The van der Waals surface area contributed by atoms with Crippen LogP contribution in [0.15, 0.2) is 90.0 Å². The first-order valence-electron chi connectivity index (χ1n) is 11.1. The van der Waals surface area contributed by atoms with Gasteiger partial charge in [0.1, 0.15) is 11.5 Å². The van der Waals surface area contributed by atoms with Gasteiger partial charge in [0.2, 0.25) is 0 Å². The number of nitrogens with one attached hydrogen (secondary N) is 2. The predicted octanol–water partition coefficient (Wildman–Crippen LogP) is 5.28. The number of carbonyl (C=O) groups is 2. The maximum absolute atomic E-state index is 12.2. The zero-order valence-corrected chi connectivity index (χ0v) is 19.8. The summed E-state index contributed by atoms with van der Waals surface area (Å²) in [6.45, 7) is 6.04. The lowest BCUT2D eigenvalue weighted by Crippen LogP contribution is -2.32. The van der Waals surface area contributed by atoms with Gasteiger partial charge in [0, 0.05) is 28.3 Å². The van der Waals surface area contributed by atoms with Gasteiger partial charge in [0.05, 0.1) is 6.21 Å². The lowest BCUT2D eigenvalue weighted by molar-refractivity contribution is -0.136. The Balaban J connectivity index is 1.34. The Morgan fingerprint density at radius 2 is 1.54 bits per heavy atom. The van der Waals surface area contributed by atoms with E-state index in [9.17, 15) is 9.59 Å². The van der Waals surface area contributed by atoms with Gasteiger partial charge < -0.3 is 14.6 Å². The molecule has 0 saturated carbocycles. The molecule has 0 fully saturated rings. The summed E-state index contributed by atoms with van der Waals surface area (Å²) < 4.78 is 7.84. The quantitative estimate of drug-likeness (QED) is 0.230. The van der Waals surface area contributed by atoms with Crippen LogP contribution in [0.25, 0.3) is 5.69 Å². The van der Waals surface area contributed by atoms with Crippen LogP contribution in [-0.2, 0) is 9.59 Å². The topological polar surface area (TPSA) is 84.7 Å². The van der Waals surface area contributed by atoms with Crippen LogP contribution >= 0.6 is 0 Å². The van der Waals surface area contributed by atoms with E-state index in [2.05, 4.69) is 26.5 Å². The van der Waals surface area contributed by atoms with Crippen molar-refractivity contribution < 1.29 is 14.3 Å². The van der Waals surface area contributed by atoms with Crippen molar-refractivity contribution in [2.24, 2.45) is 5.10 Å². The summed E-state index contributed by atoms with van der Waals surface area (Å²) in [4.78, 5) is 24.4. The van der Waals surface area contributed by atoms with E-state index in [1.165, 1.54) is 11.8 Å². The number of ether oxygens (including phenoxy) is 1. The highest BCUT2D eigenvalue weighted by Crippen LogP contribution is 2.23. The van der Waals surface area contributed by atoms with Crippen molar-refractivity contribution in [1.82, 2.24) is 9.99 Å². The Bertz CT molecular complexity index is 1370. The minimum Gasteiger partial charge on any atom is -0.457 e. The largest absolute Gasteiger partial charge is 0.457 e. The first kappa shape index (κ1) is 23.5. The Kier molecular flexibility index (Phi) is 7.07. The first-order chi connectivity index (χ1) is 16.9. The molecule has 7 heteroatoms. The van der Waals surface area contributed by atoms with Crippen LogP contribution in [0.5, 0.6) is 11.5 Å². The fourth-order valence-corrected chi connectivity index (χ4v) is 3.71. The van der Waals surface area contributed by atoms with Crippen LogP contribution in [0.3, 0.4) is 0 Å². The van der Waals surface area contributed by atoms with Crippen molar-refractivity contribution in [3.8, 4) is 17.2 Å².